The number of hydrogen-bond acceptors (Lipinski definition) is 7. The largest absolute Gasteiger partial charge is 0.471 e. The molecule has 0 radical (unpaired) electrons. The predicted molar refractivity (Wildman–Crippen MR) is 147 cm³/mol. The monoisotopic (exact) mass is 597 g/mol. The second-order valence-electron chi connectivity index (χ2n) is 12.4. The molecule has 1 aliphatic carbocycles. The van der Waals surface area contributed by atoms with E-state index in [2.05, 4.69) is 51.9 Å². The van der Waals surface area contributed by atoms with Crippen LogP contribution in [-0.4, -0.2) is 53.5 Å². The molecule has 232 valence electrons. The van der Waals surface area contributed by atoms with E-state index in [0.29, 0.717) is 17.9 Å². The average molecular weight is 598 g/mol. The van der Waals surface area contributed by atoms with Crippen LogP contribution in [0, 0.1) is 5.41 Å². The molecule has 1 aromatic carbocycles. The van der Waals surface area contributed by atoms with Gasteiger partial charge in [-0.2, -0.15) is 17.6 Å². The Kier molecular flexibility index (Phi) is 9.87. The molecule has 12 heteroatoms. The van der Waals surface area contributed by atoms with Gasteiger partial charge in [0.1, 0.15) is 5.60 Å². The number of aliphatic hydroxyl groups is 1. The highest BCUT2D eigenvalue weighted by Crippen LogP contribution is 2.48. The lowest BCUT2D eigenvalue weighted by atomic mass is 9.73. The molecule has 2 aliphatic rings. The van der Waals surface area contributed by atoms with Gasteiger partial charge in [-0.25, -0.2) is 4.98 Å². The zero-order valence-corrected chi connectivity index (χ0v) is 24.3. The Labute approximate surface area is 243 Å². The maximum Gasteiger partial charge on any atom is 0.387 e. The summed E-state index contributed by atoms with van der Waals surface area (Å²) < 4.78 is 66.3. The van der Waals surface area contributed by atoms with Crippen molar-refractivity contribution in [2.24, 2.45) is 5.41 Å². The molecular weight excluding hydrogens is 558 g/mol. The van der Waals surface area contributed by atoms with Crippen LogP contribution in [-0.2, 0) is 17.6 Å². The molecule has 2 heterocycles. The zero-order chi connectivity index (χ0) is 30.7. The molecule has 4 rings (SSSR count). The van der Waals surface area contributed by atoms with Crippen LogP contribution in [0.5, 0.6) is 17.4 Å². The third-order valence-electron chi connectivity index (χ3n) is 7.52. The molecule has 8 nitrogen and oxygen atoms in total. The first kappa shape index (κ1) is 31.8. The van der Waals surface area contributed by atoms with E-state index in [0.717, 1.165) is 48.9 Å². The van der Waals surface area contributed by atoms with Gasteiger partial charge >= 0.3 is 13.2 Å². The van der Waals surface area contributed by atoms with Crippen LogP contribution in [0.4, 0.5) is 17.6 Å². The minimum absolute atomic E-state index is 0.0164. The van der Waals surface area contributed by atoms with Crippen molar-refractivity contribution in [1.29, 1.82) is 0 Å². The number of benzene rings is 1. The van der Waals surface area contributed by atoms with Crippen molar-refractivity contribution in [3.05, 3.63) is 47.2 Å². The van der Waals surface area contributed by atoms with Gasteiger partial charge < -0.3 is 30.0 Å². The molecule has 0 bridgehead atoms. The molecule has 3 N–H and O–H groups in total. The van der Waals surface area contributed by atoms with E-state index >= 15 is 0 Å². The van der Waals surface area contributed by atoms with Crippen molar-refractivity contribution in [2.75, 3.05) is 6.54 Å². The summed E-state index contributed by atoms with van der Waals surface area (Å²) in [7, 11) is 0. The lowest BCUT2D eigenvalue weighted by Gasteiger charge is -2.47. The fraction of sp³-hybridized carbons (Fsp3) is 0.600. The van der Waals surface area contributed by atoms with Crippen LogP contribution in [0.1, 0.15) is 76.1 Å². The highest BCUT2D eigenvalue weighted by atomic mass is 19.3. The Morgan fingerprint density at radius 3 is 2.40 bits per heavy atom. The van der Waals surface area contributed by atoms with Gasteiger partial charge in [-0.05, 0) is 66.8 Å². The summed E-state index contributed by atoms with van der Waals surface area (Å²) in [4.78, 5) is 16.6. The van der Waals surface area contributed by atoms with Crippen molar-refractivity contribution in [1.82, 2.24) is 15.6 Å². The lowest BCUT2D eigenvalue weighted by Crippen LogP contribution is -2.52. The molecule has 2 aromatic rings. The van der Waals surface area contributed by atoms with Crippen molar-refractivity contribution >= 4 is 5.91 Å². The second kappa shape index (κ2) is 13.0. The number of nitrogens with one attached hydrogen (secondary N) is 2. The molecular formula is C30H39F4N3O5. The molecule has 0 saturated heterocycles. The number of hydrogen-bond donors (Lipinski definition) is 3. The van der Waals surface area contributed by atoms with Crippen LogP contribution in [0.25, 0.3) is 0 Å². The summed E-state index contributed by atoms with van der Waals surface area (Å²) in [5.74, 6) is -0.932. The molecule has 1 saturated carbocycles. The number of alkyl halides is 4. The molecule has 0 unspecified atom stereocenters. The van der Waals surface area contributed by atoms with Gasteiger partial charge in [0.2, 0.25) is 11.8 Å². The van der Waals surface area contributed by atoms with Gasteiger partial charge in [-0.1, -0.05) is 26.8 Å². The van der Waals surface area contributed by atoms with E-state index in [4.69, 9.17) is 4.74 Å². The summed E-state index contributed by atoms with van der Waals surface area (Å²) in [6, 6.07) is 4.75. The number of aromatic nitrogens is 1. The smallest absolute Gasteiger partial charge is 0.387 e. The Morgan fingerprint density at radius 2 is 1.81 bits per heavy atom. The Hall–Kier alpha value is -3.12. The fourth-order valence-corrected chi connectivity index (χ4v) is 5.61. The number of ether oxygens (including phenoxy) is 3. The summed E-state index contributed by atoms with van der Waals surface area (Å²) in [5.41, 5.74) is 2.13. The first-order valence-electron chi connectivity index (χ1n) is 14.1. The highest BCUT2D eigenvalue weighted by Gasteiger charge is 2.46. The minimum Gasteiger partial charge on any atom is -0.471 e. The van der Waals surface area contributed by atoms with Gasteiger partial charge in [0, 0.05) is 37.7 Å². The maximum absolute atomic E-state index is 12.9. The topological polar surface area (TPSA) is 102 Å². The Bertz CT molecular complexity index is 1240. The number of fused-ring (bicyclic) bond motifs is 1. The van der Waals surface area contributed by atoms with Crippen LogP contribution < -0.4 is 24.8 Å². The molecule has 1 aliphatic heterocycles. The van der Waals surface area contributed by atoms with Gasteiger partial charge in [0.05, 0.1) is 12.1 Å². The fourth-order valence-electron chi connectivity index (χ4n) is 5.61. The minimum atomic E-state index is -3.26. The summed E-state index contributed by atoms with van der Waals surface area (Å²) >= 11 is 0. The van der Waals surface area contributed by atoms with E-state index in [-0.39, 0.29) is 30.0 Å². The summed E-state index contributed by atoms with van der Waals surface area (Å²) in [6.45, 7) is 1.37. The molecule has 1 amide bonds. The first-order chi connectivity index (χ1) is 19.7. The van der Waals surface area contributed by atoms with Crippen LogP contribution in [0.3, 0.4) is 0 Å². The van der Waals surface area contributed by atoms with Crippen LogP contribution >= 0.6 is 0 Å². The molecule has 1 fully saturated rings. The third kappa shape index (κ3) is 8.47. The number of carbonyl (C=O) groups excluding carboxylic acids is 1. The summed E-state index contributed by atoms with van der Waals surface area (Å²) in [5, 5.41) is 17.4. The number of amides is 1. The number of aliphatic hydroxyl groups excluding tert-OH is 1. The number of halogens is 4. The Morgan fingerprint density at radius 1 is 1.12 bits per heavy atom. The van der Waals surface area contributed by atoms with Gasteiger partial charge in [0.15, 0.2) is 11.5 Å². The lowest BCUT2D eigenvalue weighted by molar-refractivity contribution is -0.120. The number of carbonyl (C=O) groups is 1. The predicted octanol–water partition coefficient (Wildman–Crippen LogP) is 5.32. The number of rotatable bonds is 12. The standard InChI is InChI=1S/C30H39F4N3O5/c1-17(38)37-21(11-18-6-7-24(40-27(31)32)25(12-18)41-28(33)34)23(39)16-35-22-14-30(8-5-9-30)42-26-20(22)10-19(15-36-26)13-29(2,3)4/h6-7,10,12,15,21-23,27-28,35,39H,5,8-9,11,13-14,16H2,1-4H3,(H,37,38)/t21-,22-,23+/m0/s1. The normalized spacial score (nSPS) is 19.1. The number of pyridine rings is 1. The number of nitrogens with zero attached hydrogens (tertiary/aromatic N) is 1. The Balaban J connectivity index is 1.51. The average Bonchev–Trinajstić information content (AvgIpc) is 2.85. The maximum atomic E-state index is 12.9. The van der Waals surface area contributed by atoms with Crippen LogP contribution in [0.15, 0.2) is 30.5 Å². The second-order valence-corrected chi connectivity index (χ2v) is 12.4. The highest BCUT2D eigenvalue weighted by molar-refractivity contribution is 5.73. The molecule has 42 heavy (non-hydrogen) atoms. The van der Waals surface area contributed by atoms with Crippen LogP contribution in [0.2, 0.25) is 0 Å². The van der Waals surface area contributed by atoms with Crippen molar-refractivity contribution in [3.63, 3.8) is 0 Å². The van der Waals surface area contributed by atoms with Crippen molar-refractivity contribution in [2.45, 2.75) is 103 Å². The summed E-state index contributed by atoms with van der Waals surface area (Å²) in [6.07, 6.45) is 5.22. The van der Waals surface area contributed by atoms with Crippen molar-refractivity contribution in [3.8, 4) is 17.4 Å². The first-order valence-corrected chi connectivity index (χ1v) is 14.1. The van der Waals surface area contributed by atoms with Gasteiger partial charge in [0.25, 0.3) is 0 Å². The van der Waals surface area contributed by atoms with E-state index in [1.807, 2.05) is 6.20 Å². The van der Waals surface area contributed by atoms with E-state index in [1.165, 1.54) is 13.0 Å². The molecule has 1 spiro atoms. The molecule has 1 aromatic heterocycles. The third-order valence-corrected chi connectivity index (χ3v) is 7.52. The zero-order valence-electron chi connectivity index (χ0n) is 24.3. The van der Waals surface area contributed by atoms with E-state index in [1.54, 1.807) is 0 Å². The van der Waals surface area contributed by atoms with E-state index < -0.39 is 42.8 Å². The SMILES string of the molecule is CC(=O)N[C@@H](Cc1ccc(OC(F)F)c(OC(F)F)c1)[C@H](O)CN[C@H]1CC2(CCC2)Oc2ncc(CC(C)(C)C)cc21. The van der Waals surface area contributed by atoms with Gasteiger partial charge in [-0.3, -0.25) is 4.79 Å². The van der Waals surface area contributed by atoms with E-state index in [9.17, 15) is 27.5 Å². The molecule has 3 atom stereocenters. The quantitative estimate of drug-likeness (QED) is 0.285. The van der Waals surface area contributed by atoms with Gasteiger partial charge in [-0.15, -0.1) is 0 Å². The van der Waals surface area contributed by atoms with Crippen molar-refractivity contribution < 1.29 is 41.7 Å².